The van der Waals surface area contributed by atoms with Gasteiger partial charge < -0.3 is 9.47 Å². The van der Waals surface area contributed by atoms with E-state index >= 15 is 0 Å². The second-order valence-electron chi connectivity index (χ2n) is 8.89. The maximum atomic E-state index is 12.7. The highest BCUT2D eigenvalue weighted by atomic mass is 16.6. The average Bonchev–Trinajstić information content (AvgIpc) is 3.29. The van der Waals surface area contributed by atoms with Crippen molar-refractivity contribution in [3.63, 3.8) is 0 Å². The molecule has 0 N–H and O–H groups in total. The number of esters is 1. The zero-order valence-electron chi connectivity index (χ0n) is 20.8. The van der Waals surface area contributed by atoms with E-state index in [9.17, 15) is 4.79 Å². The van der Waals surface area contributed by atoms with Crippen LogP contribution in [0.4, 0.5) is 0 Å². The topological polar surface area (TPSA) is 35.5 Å². The highest BCUT2D eigenvalue weighted by Gasteiger charge is 2.24. The van der Waals surface area contributed by atoms with Crippen LogP contribution in [-0.2, 0) is 14.3 Å². The summed E-state index contributed by atoms with van der Waals surface area (Å²) >= 11 is 0. The van der Waals surface area contributed by atoms with Crippen molar-refractivity contribution in [3.05, 3.63) is 72.4 Å². The Kier molecular flexibility index (Phi) is 14.3. The lowest BCUT2D eigenvalue weighted by Gasteiger charge is -2.16. The third-order valence-corrected chi connectivity index (χ3v) is 6.39. The predicted molar refractivity (Wildman–Crippen MR) is 138 cm³/mol. The standard InChI is InChI=1S/C30H44O3/c1-3-5-6-7-8-11-17-26-21-16-22-27(26)18-12-10-15-23-29(28-19-13-9-14-20-28)30(31)33-25-24-32-4-2/h6-7,9-14,17,19-20,26-27,29H,3-5,8,15-16,18,21-25H2,1-2H3/t26-,27-,29?/m0/s1. The monoisotopic (exact) mass is 452 g/mol. The minimum absolute atomic E-state index is 0.150. The van der Waals surface area contributed by atoms with Crippen molar-refractivity contribution >= 4 is 5.97 Å². The van der Waals surface area contributed by atoms with Crippen LogP contribution in [0.1, 0.15) is 83.1 Å². The largest absolute Gasteiger partial charge is 0.463 e. The number of allylic oxidation sites excluding steroid dienone is 6. The van der Waals surface area contributed by atoms with E-state index < -0.39 is 0 Å². The van der Waals surface area contributed by atoms with Gasteiger partial charge in [-0.15, -0.1) is 0 Å². The van der Waals surface area contributed by atoms with Crippen LogP contribution in [0.2, 0.25) is 0 Å². The third kappa shape index (κ3) is 11.0. The molecule has 0 aliphatic heterocycles. The molecule has 33 heavy (non-hydrogen) atoms. The lowest BCUT2D eigenvalue weighted by Crippen LogP contribution is -2.18. The molecule has 1 aromatic rings. The van der Waals surface area contributed by atoms with E-state index in [0.717, 1.165) is 37.2 Å². The second-order valence-corrected chi connectivity index (χ2v) is 8.89. The zero-order valence-corrected chi connectivity index (χ0v) is 20.8. The summed E-state index contributed by atoms with van der Waals surface area (Å²) in [4.78, 5) is 12.7. The van der Waals surface area contributed by atoms with Gasteiger partial charge in [-0.1, -0.05) is 86.6 Å². The lowest BCUT2D eigenvalue weighted by atomic mass is 9.91. The Morgan fingerprint density at radius 2 is 1.82 bits per heavy atom. The lowest BCUT2D eigenvalue weighted by molar-refractivity contribution is -0.147. The van der Waals surface area contributed by atoms with Gasteiger partial charge in [-0.3, -0.25) is 4.79 Å². The zero-order chi connectivity index (χ0) is 23.6. The summed E-state index contributed by atoms with van der Waals surface area (Å²) in [6, 6.07) is 9.99. The molecule has 1 aliphatic carbocycles. The maximum Gasteiger partial charge on any atom is 0.313 e. The molecule has 1 aromatic carbocycles. The van der Waals surface area contributed by atoms with Crippen LogP contribution in [0.5, 0.6) is 0 Å². The quantitative estimate of drug-likeness (QED) is 0.146. The van der Waals surface area contributed by atoms with Crippen LogP contribution in [0.3, 0.4) is 0 Å². The first-order valence-electron chi connectivity index (χ1n) is 13.0. The van der Waals surface area contributed by atoms with Crippen LogP contribution < -0.4 is 0 Å². The molecule has 0 bridgehead atoms. The van der Waals surface area contributed by atoms with Gasteiger partial charge in [-0.05, 0) is 69.3 Å². The fourth-order valence-electron chi connectivity index (χ4n) is 4.53. The fourth-order valence-corrected chi connectivity index (χ4v) is 4.53. The number of hydrogen-bond acceptors (Lipinski definition) is 3. The molecule has 1 fully saturated rings. The van der Waals surface area contributed by atoms with E-state index in [-0.39, 0.29) is 11.9 Å². The number of unbranched alkanes of at least 4 members (excludes halogenated alkanes) is 1. The van der Waals surface area contributed by atoms with Crippen molar-refractivity contribution in [2.24, 2.45) is 11.8 Å². The minimum atomic E-state index is -0.222. The van der Waals surface area contributed by atoms with Crippen molar-refractivity contribution in [1.29, 1.82) is 0 Å². The summed E-state index contributed by atoms with van der Waals surface area (Å²) in [5, 5.41) is 0. The first kappa shape index (κ1) is 27.1. The third-order valence-electron chi connectivity index (χ3n) is 6.39. The van der Waals surface area contributed by atoms with Gasteiger partial charge in [0.1, 0.15) is 6.61 Å². The highest BCUT2D eigenvalue weighted by molar-refractivity contribution is 5.78. The molecule has 0 saturated heterocycles. The molecule has 0 amide bonds. The van der Waals surface area contributed by atoms with Crippen LogP contribution in [0.25, 0.3) is 0 Å². The van der Waals surface area contributed by atoms with Gasteiger partial charge in [0.15, 0.2) is 0 Å². The molecule has 1 aliphatic rings. The summed E-state index contributed by atoms with van der Waals surface area (Å²) in [7, 11) is 0. The molecule has 0 spiro atoms. The van der Waals surface area contributed by atoms with E-state index in [1.54, 1.807) is 0 Å². The molecule has 0 radical (unpaired) electrons. The summed E-state index contributed by atoms with van der Waals surface area (Å²) in [5.74, 6) is 1.10. The molecule has 3 nitrogen and oxygen atoms in total. The van der Waals surface area contributed by atoms with E-state index in [2.05, 4.69) is 43.4 Å². The molecular weight excluding hydrogens is 408 g/mol. The first-order valence-corrected chi connectivity index (χ1v) is 13.0. The Hall–Kier alpha value is -2.13. The fraction of sp³-hybridized carbons (Fsp3) is 0.567. The van der Waals surface area contributed by atoms with Crippen molar-refractivity contribution < 1.29 is 14.3 Å². The Balaban J connectivity index is 1.79. The van der Waals surface area contributed by atoms with Gasteiger partial charge in [0.2, 0.25) is 0 Å². The van der Waals surface area contributed by atoms with Crippen LogP contribution in [-0.4, -0.2) is 25.8 Å². The second kappa shape index (κ2) is 17.4. The number of ether oxygens (including phenoxy) is 2. The van der Waals surface area contributed by atoms with E-state index in [1.165, 1.54) is 32.1 Å². The van der Waals surface area contributed by atoms with Crippen LogP contribution in [0.15, 0.2) is 66.8 Å². The van der Waals surface area contributed by atoms with Crippen molar-refractivity contribution in [2.75, 3.05) is 19.8 Å². The van der Waals surface area contributed by atoms with Crippen molar-refractivity contribution in [3.8, 4) is 0 Å². The Morgan fingerprint density at radius 1 is 1.00 bits per heavy atom. The molecule has 0 aromatic heterocycles. The van der Waals surface area contributed by atoms with Gasteiger partial charge >= 0.3 is 5.97 Å². The smallest absolute Gasteiger partial charge is 0.313 e. The van der Waals surface area contributed by atoms with Crippen LogP contribution >= 0.6 is 0 Å². The Morgan fingerprint density at radius 3 is 2.61 bits per heavy atom. The van der Waals surface area contributed by atoms with E-state index in [0.29, 0.717) is 25.7 Å². The molecule has 2 rings (SSSR count). The molecule has 3 heteroatoms. The predicted octanol–water partition coefficient (Wildman–Crippen LogP) is 7.80. The van der Waals surface area contributed by atoms with Crippen molar-refractivity contribution in [2.45, 2.75) is 77.6 Å². The summed E-state index contributed by atoms with van der Waals surface area (Å²) < 4.78 is 10.8. The maximum absolute atomic E-state index is 12.7. The van der Waals surface area contributed by atoms with E-state index in [1.807, 2.05) is 37.3 Å². The summed E-state index contributed by atoms with van der Waals surface area (Å²) in [6.07, 6.45) is 24.2. The number of benzene rings is 1. The highest BCUT2D eigenvalue weighted by Crippen LogP contribution is 2.35. The number of carbonyl (C=O) groups excluding carboxylic acids is 1. The van der Waals surface area contributed by atoms with Gasteiger partial charge in [0, 0.05) is 6.61 Å². The van der Waals surface area contributed by atoms with Crippen molar-refractivity contribution in [1.82, 2.24) is 0 Å². The summed E-state index contributed by atoms with van der Waals surface area (Å²) in [6.45, 7) is 5.57. The molecule has 182 valence electrons. The Bertz CT molecular complexity index is 719. The van der Waals surface area contributed by atoms with E-state index in [4.69, 9.17) is 9.47 Å². The number of carbonyl (C=O) groups is 1. The van der Waals surface area contributed by atoms with Gasteiger partial charge in [-0.25, -0.2) is 0 Å². The molecule has 1 unspecified atom stereocenters. The molecule has 3 atom stereocenters. The molecule has 1 saturated carbocycles. The molecule has 0 heterocycles. The normalized spacial score (nSPS) is 19.7. The summed E-state index contributed by atoms with van der Waals surface area (Å²) in [5.41, 5.74) is 1.03. The average molecular weight is 453 g/mol. The number of hydrogen-bond donors (Lipinski definition) is 0. The van der Waals surface area contributed by atoms with Gasteiger partial charge in [0.25, 0.3) is 0 Å². The molecular formula is C30H44O3. The minimum Gasteiger partial charge on any atom is -0.463 e. The van der Waals surface area contributed by atoms with Gasteiger partial charge in [0.05, 0.1) is 12.5 Å². The Labute approximate surface area is 202 Å². The number of rotatable bonds is 16. The van der Waals surface area contributed by atoms with Crippen LogP contribution in [0, 0.1) is 11.8 Å². The first-order chi connectivity index (χ1) is 16.3. The SMILES string of the molecule is CCCC=CCC=C[C@H]1CCC[C@@H]1CC=CCCC(C(=O)OCCOCC)c1ccccc1. The van der Waals surface area contributed by atoms with Gasteiger partial charge in [-0.2, -0.15) is 0 Å².